The number of rotatable bonds is 5. The fraction of sp³-hybridized carbons (Fsp3) is 0.214. The van der Waals surface area contributed by atoms with E-state index >= 15 is 0 Å². The summed E-state index contributed by atoms with van der Waals surface area (Å²) in [6, 6.07) is 7.80. The topological polar surface area (TPSA) is 85.5 Å². The molecule has 0 aliphatic rings. The SMILES string of the molecule is CCOc1ccc(N)cc1S(=O)(=O)N(C)c1ccncc1. The Hall–Kier alpha value is -2.28. The van der Waals surface area contributed by atoms with Gasteiger partial charge in [-0.1, -0.05) is 0 Å². The van der Waals surface area contributed by atoms with Gasteiger partial charge in [-0.2, -0.15) is 0 Å². The maximum absolute atomic E-state index is 12.8. The van der Waals surface area contributed by atoms with Crippen molar-refractivity contribution in [3.05, 3.63) is 42.7 Å². The van der Waals surface area contributed by atoms with Gasteiger partial charge < -0.3 is 10.5 Å². The molecule has 112 valence electrons. The Bertz CT molecular complexity index is 717. The van der Waals surface area contributed by atoms with E-state index in [2.05, 4.69) is 4.98 Å². The number of sulfonamides is 1. The number of ether oxygens (including phenoxy) is 1. The molecule has 21 heavy (non-hydrogen) atoms. The molecule has 0 aliphatic heterocycles. The smallest absolute Gasteiger partial charge is 0.267 e. The molecule has 0 atom stereocenters. The van der Waals surface area contributed by atoms with Gasteiger partial charge >= 0.3 is 0 Å². The Morgan fingerprint density at radius 2 is 1.90 bits per heavy atom. The zero-order valence-corrected chi connectivity index (χ0v) is 12.7. The first-order valence-corrected chi connectivity index (χ1v) is 7.82. The van der Waals surface area contributed by atoms with Gasteiger partial charge in [0.2, 0.25) is 0 Å². The number of pyridine rings is 1. The van der Waals surface area contributed by atoms with Crippen LogP contribution in [0.15, 0.2) is 47.6 Å². The lowest BCUT2D eigenvalue weighted by Gasteiger charge is -2.21. The van der Waals surface area contributed by atoms with Gasteiger partial charge in [0.05, 0.1) is 12.3 Å². The number of nitrogens with zero attached hydrogens (tertiary/aromatic N) is 2. The molecule has 6 nitrogen and oxygen atoms in total. The Morgan fingerprint density at radius 1 is 1.24 bits per heavy atom. The molecule has 0 spiro atoms. The predicted molar refractivity (Wildman–Crippen MR) is 81.8 cm³/mol. The van der Waals surface area contributed by atoms with E-state index in [1.54, 1.807) is 31.2 Å². The van der Waals surface area contributed by atoms with E-state index in [4.69, 9.17) is 10.5 Å². The fourth-order valence-corrected chi connectivity index (χ4v) is 3.20. The quantitative estimate of drug-likeness (QED) is 0.853. The zero-order chi connectivity index (χ0) is 15.5. The minimum Gasteiger partial charge on any atom is -0.492 e. The van der Waals surface area contributed by atoms with Gasteiger partial charge in [0, 0.05) is 25.1 Å². The lowest BCUT2D eigenvalue weighted by Crippen LogP contribution is -2.27. The molecule has 1 aromatic carbocycles. The molecule has 2 rings (SSSR count). The van der Waals surface area contributed by atoms with Crippen molar-refractivity contribution >= 4 is 21.4 Å². The van der Waals surface area contributed by atoms with Gasteiger partial charge in [-0.15, -0.1) is 0 Å². The number of nitrogen functional groups attached to an aromatic ring is 1. The van der Waals surface area contributed by atoms with Gasteiger partial charge in [0.25, 0.3) is 10.0 Å². The van der Waals surface area contributed by atoms with Crippen molar-refractivity contribution in [3.8, 4) is 5.75 Å². The summed E-state index contributed by atoms with van der Waals surface area (Å²) in [6.07, 6.45) is 3.06. The summed E-state index contributed by atoms with van der Waals surface area (Å²) >= 11 is 0. The van der Waals surface area contributed by atoms with Crippen LogP contribution in [0.2, 0.25) is 0 Å². The van der Waals surface area contributed by atoms with Crippen molar-refractivity contribution in [3.63, 3.8) is 0 Å². The molecule has 0 saturated carbocycles. The van der Waals surface area contributed by atoms with Crippen molar-refractivity contribution in [1.29, 1.82) is 0 Å². The molecular weight excluding hydrogens is 290 g/mol. The highest BCUT2D eigenvalue weighted by atomic mass is 32.2. The molecular formula is C14H17N3O3S. The summed E-state index contributed by atoms with van der Waals surface area (Å²) in [7, 11) is -2.29. The Kier molecular flexibility index (Phi) is 4.32. The van der Waals surface area contributed by atoms with Crippen LogP contribution in [0.4, 0.5) is 11.4 Å². The summed E-state index contributed by atoms with van der Waals surface area (Å²) in [6.45, 7) is 2.16. The monoisotopic (exact) mass is 307 g/mol. The van der Waals surface area contributed by atoms with Crippen LogP contribution in [-0.2, 0) is 10.0 Å². The molecule has 0 fully saturated rings. The summed E-state index contributed by atoms with van der Waals surface area (Å²) < 4.78 is 32.1. The van der Waals surface area contributed by atoms with E-state index in [0.717, 1.165) is 0 Å². The third-order valence-electron chi connectivity index (χ3n) is 2.93. The maximum atomic E-state index is 12.8. The first kappa shape index (κ1) is 15.1. The molecule has 0 bridgehead atoms. The average molecular weight is 307 g/mol. The average Bonchev–Trinajstić information content (AvgIpc) is 2.49. The Morgan fingerprint density at radius 3 is 2.52 bits per heavy atom. The third-order valence-corrected chi connectivity index (χ3v) is 4.74. The Labute approximate surface area is 124 Å². The van der Waals surface area contributed by atoms with Crippen molar-refractivity contribution in [2.75, 3.05) is 23.7 Å². The van der Waals surface area contributed by atoms with E-state index in [9.17, 15) is 8.42 Å². The highest BCUT2D eigenvalue weighted by molar-refractivity contribution is 7.93. The summed E-state index contributed by atoms with van der Waals surface area (Å²) in [4.78, 5) is 3.92. The number of hydrogen-bond donors (Lipinski definition) is 1. The second-order valence-electron chi connectivity index (χ2n) is 4.32. The molecule has 0 saturated heterocycles. The molecule has 1 aromatic heterocycles. The van der Waals surface area contributed by atoms with E-state index < -0.39 is 10.0 Å². The molecule has 0 radical (unpaired) electrons. The summed E-state index contributed by atoms with van der Waals surface area (Å²) in [5, 5.41) is 0. The molecule has 2 aromatic rings. The largest absolute Gasteiger partial charge is 0.492 e. The first-order valence-electron chi connectivity index (χ1n) is 6.38. The number of benzene rings is 1. The highest BCUT2D eigenvalue weighted by Gasteiger charge is 2.25. The summed E-state index contributed by atoms with van der Waals surface area (Å²) in [5.41, 5.74) is 6.58. The number of hydrogen-bond acceptors (Lipinski definition) is 5. The van der Waals surface area contributed by atoms with Gasteiger partial charge in [-0.3, -0.25) is 9.29 Å². The third kappa shape index (κ3) is 3.08. The van der Waals surface area contributed by atoms with Crippen molar-refractivity contribution in [1.82, 2.24) is 4.98 Å². The standard InChI is InChI=1S/C14H17N3O3S/c1-3-20-13-5-4-11(15)10-14(13)21(18,19)17(2)12-6-8-16-9-7-12/h4-10H,3,15H2,1-2H3. The Balaban J connectivity index is 2.51. The predicted octanol–water partition coefficient (Wildman–Crippen LogP) is 1.89. The van der Waals surface area contributed by atoms with Crippen LogP contribution in [-0.4, -0.2) is 27.1 Å². The second-order valence-corrected chi connectivity index (χ2v) is 6.25. The molecule has 0 amide bonds. The first-order chi connectivity index (χ1) is 9.96. The van der Waals surface area contributed by atoms with Crippen LogP contribution < -0.4 is 14.8 Å². The molecule has 1 heterocycles. The van der Waals surface area contributed by atoms with Gasteiger partial charge in [0.15, 0.2) is 0 Å². The van der Waals surface area contributed by atoms with Crippen molar-refractivity contribution in [2.24, 2.45) is 0 Å². The normalized spacial score (nSPS) is 11.1. The number of nitrogens with two attached hydrogens (primary N) is 1. The molecule has 0 aliphatic carbocycles. The maximum Gasteiger partial charge on any atom is 0.267 e. The van der Waals surface area contributed by atoms with Gasteiger partial charge in [-0.05, 0) is 37.3 Å². The molecule has 7 heteroatoms. The second kappa shape index (κ2) is 6.01. The van der Waals surface area contributed by atoms with E-state index in [1.807, 2.05) is 0 Å². The van der Waals surface area contributed by atoms with E-state index in [1.165, 1.54) is 29.8 Å². The number of aromatic nitrogens is 1. The van der Waals surface area contributed by atoms with Crippen molar-refractivity contribution < 1.29 is 13.2 Å². The minimum atomic E-state index is -3.77. The molecule has 2 N–H and O–H groups in total. The fourth-order valence-electron chi connectivity index (χ4n) is 1.84. The van der Waals surface area contributed by atoms with Gasteiger partial charge in [-0.25, -0.2) is 8.42 Å². The van der Waals surface area contributed by atoms with Crippen LogP contribution in [0.3, 0.4) is 0 Å². The van der Waals surface area contributed by atoms with Gasteiger partial charge in [0.1, 0.15) is 10.6 Å². The number of anilines is 2. The highest BCUT2D eigenvalue weighted by Crippen LogP contribution is 2.30. The lowest BCUT2D eigenvalue weighted by atomic mass is 10.3. The molecule has 0 unspecified atom stereocenters. The minimum absolute atomic E-state index is 0.0451. The van der Waals surface area contributed by atoms with Crippen LogP contribution in [0.25, 0.3) is 0 Å². The van der Waals surface area contributed by atoms with Crippen LogP contribution >= 0.6 is 0 Å². The van der Waals surface area contributed by atoms with E-state index in [0.29, 0.717) is 18.0 Å². The van der Waals surface area contributed by atoms with Crippen LogP contribution in [0.5, 0.6) is 5.75 Å². The summed E-state index contributed by atoms with van der Waals surface area (Å²) in [5.74, 6) is 0.285. The zero-order valence-electron chi connectivity index (χ0n) is 11.9. The van der Waals surface area contributed by atoms with E-state index in [-0.39, 0.29) is 10.6 Å². The van der Waals surface area contributed by atoms with Crippen LogP contribution in [0, 0.1) is 0 Å². The lowest BCUT2D eigenvalue weighted by molar-refractivity contribution is 0.331. The van der Waals surface area contributed by atoms with Crippen LogP contribution in [0.1, 0.15) is 6.92 Å². The van der Waals surface area contributed by atoms with Crippen molar-refractivity contribution in [2.45, 2.75) is 11.8 Å².